The molecule has 0 aromatic rings. The molecule has 7 N–H and O–H groups in total. The number of hydrogen-bond donors (Lipinski definition) is 5. The first-order valence-electron chi connectivity index (χ1n) is 13.4. The summed E-state index contributed by atoms with van der Waals surface area (Å²) in [5, 5.41) is 22.6. The van der Waals surface area contributed by atoms with E-state index in [-0.39, 0.29) is 47.2 Å². The number of rotatable bonds is 14. The molecule has 0 fully saturated rings. The second kappa shape index (κ2) is 25.7. The third-order valence-corrected chi connectivity index (χ3v) is 5.46. The molecule has 0 spiro atoms. The summed E-state index contributed by atoms with van der Waals surface area (Å²) in [6.07, 6.45) is 4.18. The summed E-state index contributed by atoms with van der Waals surface area (Å²) in [5.74, 6) is -2.11. The summed E-state index contributed by atoms with van der Waals surface area (Å²) in [7, 11) is -1.68. The van der Waals surface area contributed by atoms with Gasteiger partial charge >= 0.3 is 53.7 Å². The molecule has 0 saturated heterocycles. The van der Waals surface area contributed by atoms with E-state index in [1.807, 2.05) is 0 Å². The zero-order valence-corrected chi connectivity index (χ0v) is 32.1. The molecule has 0 saturated carbocycles. The molecule has 264 valence electrons. The Bertz CT molecular complexity index is 1070. The Morgan fingerprint density at radius 2 is 1.04 bits per heavy atom. The van der Waals surface area contributed by atoms with Crippen molar-refractivity contribution in [1.29, 1.82) is 0 Å². The number of sulfone groups is 1. The zero-order chi connectivity index (χ0) is 34.7. The molecule has 20 heteroatoms. The molecule has 0 radical (unpaired) electrons. The van der Waals surface area contributed by atoms with Gasteiger partial charge in [0.15, 0.2) is 0 Å². The number of nitrogens with one attached hydrogen (secondary N) is 2. The Balaban J connectivity index is -0.000000201. The molecular formula is C25H51ClN3NaO13S2. The predicted molar refractivity (Wildman–Crippen MR) is 165 cm³/mol. The topological polar surface area (TPSA) is 276 Å². The van der Waals surface area contributed by atoms with Crippen LogP contribution >= 0.6 is 10.7 Å². The molecule has 0 aromatic carbocycles. The van der Waals surface area contributed by atoms with Gasteiger partial charge in [0.25, 0.3) is 0 Å². The van der Waals surface area contributed by atoms with Crippen molar-refractivity contribution in [3.05, 3.63) is 0 Å². The third kappa shape index (κ3) is 47.1. The Hall–Kier alpha value is -1.41. The van der Waals surface area contributed by atoms with Crippen LogP contribution < -0.4 is 45.9 Å². The number of carboxylic acid groups (broad SMARTS) is 2. The maximum Gasteiger partial charge on any atom is 1.00 e. The predicted octanol–water partition coefficient (Wildman–Crippen LogP) is -0.325. The molecule has 0 aromatic heterocycles. The second-order valence-corrected chi connectivity index (χ2v) is 16.8. The molecule has 0 aliphatic heterocycles. The number of ether oxygens (including phenoxy) is 2. The molecular weight excluding hydrogens is 673 g/mol. The summed E-state index contributed by atoms with van der Waals surface area (Å²) >= 11 is 0. The summed E-state index contributed by atoms with van der Waals surface area (Å²) in [6.45, 7) is 10.7. The van der Waals surface area contributed by atoms with E-state index in [1.165, 1.54) is 0 Å². The number of aliphatic carboxylic acids is 2. The van der Waals surface area contributed by atoms with Crippen LogP contribution in [0.2, 0.25) is 0 Å². The standard InChI is InChI=1S/C13H25NO6S.C11H22N2O4.CH3ClO2S.Na.H2O/c1-13(2,3)20-12(17)14-10(11(15)16)8-6-5-7-9-21(4,18)19;1-11(2,3)17-10(16)13-8(9(14)15)6-4-5-7-12;1-5(2,3)4;;/h10H,5-9H2,1-4H3,(H,14,17)(H,15,16);8H,4-7,12H2,1-3H3,(H,13,16)(H,14,15);1H3;;1H2/q;;;+1;/p-1/t10-;8-;;;/m11.../s1. The Morgan fingerprint density at radius 3 is 1.29 bits per heavy atom. The van der Waals surface area contributed by atoms with Gasteiger partial charge in [-0.05, 0) is 80.2 Å². The van der Waals surface area contributed by atoms with Gasteiger partial charge in [0.2, 0.25) is 9.05 Å². The van der Waals surface area contributed by atoms with Crippen molar-refractivity contribution in [2.75, 3.05) is 24.8 Å². The third-order valence-electron chi connectivity index (χ3n) is 4.43. The first kappa shape index (κ1) is 53.1. The number of carbonyl (C=O) groups is 4. The molecule has 0 bridgehead atoms. The number of nitrogens with two attached hydrogens (primary N) is 1. The molecule has 16 nitrogen and oxygen atoms in total. The fourth-order valence-corrected chi connectivity index (χ4v) is 3.53. The molecule has 0 unspecified atom stereocenters. The number of unbranched alkanes of at least 4 members (excludes halogenated alkanes) is 3. The molecule has 0 aliphatic carbocycles. The minimum absolute atomic E-state index is 0. The van der Waals surface area contributed by atoms with E-state index in [4.69, 9.17) is 25.4 Å². The van der Waals surface area contributed by atoms with E-state index >= 15 is 0 Å². The van der Waals surface area contributed by atoms with Crippen LogP contribution in [-0.2, 0) is 38.0 Å². The zero-order valence-electron chi connectivity index (χ0n) is 27.7. The summed E-state index contributed by atoms with van der Waals surface area (Å²) in [6, 6.07) is -1.95. The van der Waals surface area contributed by atoms with E-state index in [1.54, 1.807) is 41.5 Å². The van der Waals surface area contributed by atoms with Crippen molar-refractivity contribution in [3.8, 4) is 0 Å². The fraction of sp³-hybridized carbons (Fsp3) is 0.840. The second-order valence-electron chi connectivity index (χ2n) is 11.5. The van der Waals surface area contributed by atoms with Gasteiger partial charge in [0, 0.05) is 22.7 Å². The largest absolute Gasteiger partial charge is 1.00 e. The van der Waals surface area contributed by atoms with Gasteiger partial charge in [0.05, 0.1) is 6.26 Å². The summed E-state index contributed by atoms with van der Waals surface area (Å²) in [5.41, 5.74) is 3.99. The number of halogens is 1. The fourth-order valence-electron chi connectivity index (χ4n) is 2.80. The normalized spacial score (nSPS) is 12.5. The van der Waals surface area contributed by atoms with Crippen LogP contribution in [0.3, 0.4) is 0 Å². The maximum absolute atomic E-state index is 11.5. The van der Waals surface area contributed by atoms with Crippen molar-refractivity contribution >= 4 is 53.7 Å². The average molecular weight is 724 g/mol. The number of amides is 2. The van der Waals surface area contributed by atoms with E-state index in [9.17, 15) is 36.0 Å². The monoisotopic (exact) mass is 723 g/mol. The molecule has 0 aliphatic rings. The molecule has 0 rings (SSSR count). The van der Waals surface area contributed by atoms with Gasteiger partial charge in [-0.2, -0.15) is 0 Å². The molecule has 2 amide bonds. The number of hydrogen-bond acceptors (Lipinski definition) is 12. The van der Waals surface area contributed by atoms with Gasteiger partial charge < -0.3 is 41.5 Å². The van der Waals surface area contributed by atoms with Gasteiger partial charge in [0.1, 0.15) is 33.1 Å². The Kier molecular flexibility index (Phi) is 30.3. The molecule has 2 atom stereocenters. The van der Waals surface area contributed by atoms with Crippen molar-refractivity contribution in [3.63, 3.8) is 0 Å². The minimum atomic E-state index is -3.19. The maximum atomic E-state index is 11.5. The van der Waals surface area contributed by atoms with Gasteiger partial charge in [-0.25, -0.2) is 36.0 Å². The average Bonchev–Trinajstić information content (AvgIpc) is 2.73. The quantitative estimate of drug-likeness (QED) is 0.0873. The van der Waals surface area contributed by atoms with Crippen LogP contribution in [0.4, 0.5) is 9.59 Å². The Morgan fingerprint density at radius 1 is 0.733 bits per heavy atom. The van der Waals surface area contributed by atoms with Crippen molar-refractivity contribution in [2.24, 2.45) is 5.73 Å². The van der Waals surface area contributed by atoms with Crippen molar-refractivity contribution in [2.45, 2.75) is 110 Å². The molecule has 0 heterocycles. The van der Waals surface area contributed by atoms with Crippen LogP contribution in [0.5, 0.6) is 0 Å². The number of carboxylic acids is 2. The van der Waals surface area contributed by atoms with E-state index in [0.717, 1.165) is 18.9 Å². The van der Waals surface area contributed by atoms with E-state index < -0.39 is 66.3 Å². The summed E-state index contributed by atoms with van der Waals surface area (Å²) in [4.78, 5) is 44.9. The smallest absolute Gasteiger partial charge is 0.870 e. The minimum Gasteiger partial charge on any atom is -0.870 e. The first-order chi connectivity index (χ1) is 19.2. The van der Waals surface area contributed by atoms with Crippen LogP contribution in [0.15, 0.2) is 0 Å². The van der Waals surface area contributed by atoms with E-state index in [0.29, 0.717) is 38.6 Å². The van der Waals surface area contributed by atoms with Gasteiger partial charge in [-0.1, -0.05) is 12.8 Å². The van der Waals surface area contributed by atoms with Gasteiger partial charge in [-0.3, -0.25) is 0 Å². The van der Waals surface area contributed by atoms with Crippen LogP contribution in [0.25, 0.3) is 0 Å². The molecule has 45 heavy (non-hydrogen) atoms. The number of carbonyl (C=O) groups excluding carboxylic acids is 2. The SMILES string of the molecule is CC(C)(C)OC(=O)N[C@H](CCCCCS(C)(=O)=O)C(=O)O.CC(C)(C)OC(=O)N[C@H](CCCCN)C(=O)O.CS(=O)(=O)Cl.[Na+].[OH-]. The van der Waals surface area contributed by atoms with Crippen LogP contribution in [-0.4, -0.2) is 105 Å². The van der Waals surface area contributed by atoms with Crippen LogP contribution in [0.1, 0.15) is 86.5 Å². The van der Waals surface area contributed by atoms with Crippen molar-refractivity contribution in [1.82, 2.24) is 10.6 Å². The number of alkyl carbamates (subject to hydrolysis) is 2. The Labute approximate surface area is 293 Å². The summed E-state index contributed by atoms with van der Waals surface area (Å²) < 4.78 is 50.7. The first-order valence-corrected chi connectivity index (χ1v) is 18.2. The van der Waals surface area contributed by atoms with Crippen LogP contribution in [0, 0.1) is 0 Å². The van der Waals surface area contributed by atoms with Crippen molar-refractivity contribution < 1.29 is 90.7 Å². The van der Waals surface area contributed by atoms with E-state index in [2.05, 4.69) is 21.3 Å². The van der Waals surface area contributed by atoms with Gasteiger partial charge in [-0.15, -0.1) is 0 Å².